The van der Waals surface area contributed by atoms with E-state index in [0.717, 1.165) is 44.4 Å². The third-order valence-electron chi connectivity index (χ3n) is 6.94. The smallest absolute Gasteiger partial charge is 0.134 e. The molecule has 0 saturated carbocycles. The van der Waals surface area contributed by atoms with E-state index >= 15 is 0 Å². The summed E-state index contributed by atoms with van der Waals surface area (Å²) < 4.78 is 20.9. The van der Waals surface area contributed by atoms with Crippen molar-refractivity contribution in [2.45, 2.75) is 20.8 Å². The summed E-state index contributed by atoms with van der Waals surface area (Å²) in [6, 6.07) is 37.2. The van der Waals surface area contributed by atoms with Crippen LogP contribution in [0.2, 0.25) is 0 Å². The summed E-state index contributed by atoms with van der Waals surface area (Å²) in [7, 11) is 0. The van der Waals surface area contributed by atoms with Crippen LogP contribution in [-0.2, 0) is 20.1 Å². The van der Waals surface area contributed by atoms with Gasteiger partial charge in [-0.05, 0) is 54.1 Å². The molecule has 209 valence electrons. The summed E-state index contributed by atoms with van der Waals surface area (Å²) >= 11 is 0. The number of furan rings is 1. The zero-order valence-corrected chi connectivity index (χ0v) is 25.8. The topological polar surface area (TPSA) is 38.9 Å². The molecule has 0 atom stereocenters. The first-order valence-electron chi connectivity index (χ1n) is 13.4. The number of halogens is 1. The molecule has 0 saturated heterocycles. The Labute approximate surface area is 258 Å². The van der Waals surface area contributed by atoms with Crippen molar-refractivity contribution in [1.82, 2.24) is 9.97 Å². The molecule has 7 aromatic rings. The average molecular weight is 727 g/mol. The van der Waals surface area contributed by atoms with Gasteiger partial charge in [0.2, 0.25) is 0 Å². The van der Waals surface area contributed by atoms with Crippen LogP contribution in [0.15, 0.2) is 114 Å². The van der Waals surface area contributed by atoms with E-state index in [2.05, 4.69) is 41.2 Å². The van der Waals surface area contributed by atoms with E-state index in [1.807, 2.05) is 99.0 Å². The maximum absolute atomic E-state index is 14.7. The van der Waals surface area contributed by atoms with E-state index < -0.39 is 0 Å². The first-order valence-corrected chi connectivity index (χ1v) is 13.4. The van der Waals surface area contributed by atoms with Crippen LogP contribution >= 0.6 is 0 Å². The molecule has 3 heterocycles. The van der Waals surface area contributed by atoms with E-state index in [9.17, 15) is 4.39 Å². The van der Waals surface area contributed by atoms with Crippen molar-refractivity contribution in [1.29, 1.82) is 0 Å². The van der Waals surface area contributed by atoms with Gasteiger partial charge < -0.3 is 14.4 Å². The number of pyridine rings is 2. The fourth-order valence-corrected chi connectivity index (χ4v) is 4.75. The van der Waals surface area contributed by atoms with Crippen LogP contribution in [0.3, 0.4) is 0 Å². The molecule has 0 amide bonds. The Morgan fingerprint density at radius 1 is 0.643 bits per heavy atom. The third kappa shape index (κ3) is 5.94. The van der Waals surface area contributed by atoms with Gasteiger partial charge in [0, 0.05) is 37.9 Å². The SMILES string of the molecule is Cc1c[c-]c(-c2ccc(C)cn2)cc1.Cc1ccc(-c2[c-]ccc3c2oc2c(-c4ccccc4)c(F)ccc23)nc1.[Ir]. The summed E-state index contributed by atoms with van der Waals surface area (Å²) in [5.74, 6) is -0.299. The van der Waals surface area contributed by atoms with E-state index in [1.54, 1.807) is 6.07 Å². The Morgan fingerprint density at radius 2 is 1.31 bits per heavy atom. The fourth-order valence-electron chi connectivity index (χ4n) is 4.75. The first kappa shape index (κ1) is 29.1. The maximum Gasteiger partial charge on any atom is 0.134 e. The second kappa shape index (κ2) is 12.6. The molecule has 0 bridgehead atoms. The van der Waals surface area contributed by atoms with E-state index in [4.69, 9.17) is 4.42 Å². The standard InChI is InChI=1S/C24H15FNO.C13H12N.Ir/c1-15-10-13-21(26-14-15)19-9-5-8-17-18-11-12-20(25)22(24(18)27-23(17)19)16-6-3-2-4-7-16;1-10-3-6-12(7-4-10)13-8-5-11(2)9-14-13;/h2-8,10-14H,1H3;3-6,8-9H,1-2H3;/q2*-1;. The molecule has 0 fully saturated rings. The van der Waals surface area contributed by atoms with Gasteiger partial charge in [0.05, 0.1) is 11.1 Å². The van der Waals surface area contributed by atoms with Gasteiger partial charge in [0.15, 0.2) is 0 Å². The van der Waals surface area contributed by atoms with Crippen LogP contribution in [0.1, 0.15) is 16.7 Å². The van der Waals surface area contributed by atoms with Gasteiger partial charge in [-0.3, -0.25) is 0 Å². The molecule has 1 radical (unpaired) electrons. The third-order valence-corrected chi connectivity index (χ3v) is 6.94. The van der Waals surface area contributed by atoms with Gasteiger partial charge in [-0.1, -0.05) is 72.5 Å². The largest absolute Gasteiger partial charge is 0.500 e. The Balaban J connectivity index is 0.000000200. The summed E-state index contributed by atoms with van der Waals surface area (Å²) in [6.07, 6.45) is 3.70. The average Bonchev–Trinajstić information content (AvgIpc) is 3.38. The molecule has 0 N–H and O–H groups in total. The van der Waals surface area contributed by atoms with Crippen molar-refractivity contribution in [3.05, 3.63) is 144 Å². The van der Waals surface area contributed by atoms with Crippen molar-refractivity contribution in [2.24, 2.45) is 0 Å². The number of aryl methyl sites for hydroxylation is 3. The molecular formula is C37H27FIrN2O-2. The molecular weight excluding hydrogens is 700 g/mol. The van der Waals surface area contributed by atoms with Gasteiger partial charge in [-0.25, -0.2) is 4.39 Å². The first-order chi connectivity index (χ1) is 20.0. The second-order valence-electron chi connectivity index (χ2n) is 10.1. The predicted octanol–water partition coefficient (Wildman–Crippen LogP) is 9.73. The van der Waals surface area contributed by atoms with E-state index in [-0.39, 0.29) is 25.9 Å². The number of hydrogen-bond acceptors (Lipinski definition) is 3. The Hall–Kier alpha value is -4.44. The van der Waals surface area contributed by atoms with Gasteiger partial charge in [-0.2, -0.15) is 0 Å². The number of hydrogen-bond donors (Lipinski definition) is 0. The molecule has 0 aliphatic carbocycles. The minimum atomic E-state index is -0.299. The number of aromatic nitrogens is 2. The van der Waals surface area contributed by atoms with Crippen molar-refractivity contribution < 1.29 is 28.9 Å². The zero-order valence-electron chi connectivity index (χ0n) is 23.4. The van der Waals surface area contributed by atoms with Gasteiger partial charge in [0.25, 0.3) is 0 Å². The molecule has 7 rings (SSSR count). The summed E-state index contributed by atoms with van der Waals surface area (Å²) in [5, 5.41) is 1.81. The van der Waals surface area contributed by atoms with Crippen LogP contribution < -0.4 is 0 Å². The van der Waals surface area contributed by atoms with Crippen LogP contribution in [0, 0.1) is 38.7 Å². The summed E-state index contributed by atoms with van der Waals surface area (Å²) in [5.41, 5.74) is 9.58. The van der Waals surface area contributed by atoms with Crippen LogP contribution in [0.25, 0.3) is 55.6 Å². The fraction of sp³-hybridized carbons (Fsp3) is 0.0811. The number of nitrogens with zero attached hydrogens (tertiary/aromatic N) is 2. The van der Waals surface area contributed by atoms with Gasteiger partial charge in [0.1, 0.15) is 11.4 Å². The number of rotatable bonds is 3. The van der Waals surface area contributed by atoms with E-state index in [0.29, 0.717) is 16.7 Å². The molecule has 4 aromatic carbocycles. The maximum atomic E-state index is 14.7. The summed E-state index contributed by atoms with van der Waals surface area (Å²) in [4.78, 5) is 8.85. The quantitative estimate of drug-likeness (QED) is 0.170. The number of benzene rings is 4. The van der Waals surface area contributed by atoms with Crippen LogP contribution in [-0.4, -0.2) is 9.97 Å². The Morgan fingerprint density at radius 3 is 1.95 bits per heavy atom. The molecule has 0 aliphatic rings. The van der Waals surface area contributed by atoms with Crippen molar-refractivity contribution in [2.75, 3.05) is 0 Å². The Kier molecular flexibility index (Phi) is 8.72. The monoisotopic (exact) mass is 727 g/mol. The predicted molar refractivity (Wildman–Crippen MR) is 164 cm³/mol. The van der Waals surface area contributed by atoms with Crippen molar-refractivity contribution >= 4 is 21.9 Å². The zero-order chi connectivity index (χ0) is 28.3. The van der Waals surface area contributed by atoms with Crippen LogP contribution in [0.5, 0.6) is 0 Å². The minimum Gasteiger partial charge on any atom is -0.500 e. The van der Waals surface area contributed by atoms with E-state index in [1.165, 1.54) is 17.2 Å². The van der Waals surface area contributed by atoms with Gasteiger partial charge in [-0.15, -0.1) is 53.6 Å². The summed E-state index contributed by atoms with van der Waals surface area (Å²) in [6.45, 7) is 6.09. The Bertz CT molecular complexity index is 1900. The molecule has 0 unspecified atom stereocenters. The van der Waals surface area contributed by atoms with Gasteiger partial charge >= 0.3 is 0 Å². The van der Waals surface area contributed by atoms with Crippen molar-refractivity contribution in [3.8, 4) is 33.6 Å². The van der Waals surface area contributed by atoms with Crippen LogP contribution in [0.4, 0.5) is 4.39 Å². The second-order valence-corrected chi connectivity index (χ2v) is 10.1. The normalized spacial score (nSPS) is 10.7. The minimum absolute atomic E-state index is 0. The molecule has 42 heavy (non-hydrogen) atoms. The molecule has 3 aromatic heterocycles. The molecule has 5 heteroatoms. The number of fused-ring (bicyclic) bond motifs is 3. The molecule has 3 nitrogen and oxygen atoms in total. The molecule has 0 aliphatic heterocycles. The van der Waals surface area contributed by atoms with Crippen molar-refractivity contribution in [3.63, 3.8) is 0 Å². The molecule has 0 spiro atoms.